The van der Waals surface area contributed by atoms with Crippen LogP contribution in [-0.4, -0.2) is 23.5 Å². The van der Waals surface area contributed by atoms with Crippen molar-refractivity contribution in [1.82, 2.24) is 4.90 Å². The Bertz CT molecular complexity index is 281. The predicted octanol–water partition coefficient (Wildman–Crippen LogP) is 2.93. The molecule has 2 aliphatic carbocycles. The third-order valence-electron chi connectivity index (χ3n) is 5.06. The maximum absolute atomic E-state index is 2.77. The van der Waals surface area contributed by atoms with Gasteiger partial charge in [-0.15, -0.1) is 0 Å². The maximum Gasteiger partial charge on any atom is 0.0133 e. The van der Waals surface area contributed by atoms with Crippen LogP contribution < -0.4 is 0 Å². The van der Waals surface area contributed by atoms with Gasteiger partial charge in [-0.1, -0.05) is 19.1 Å². The van der Waals surface area contributed by atoms with Gasteiger partial charge in [0.15, 0.2) is 0 Å². The Hall–Kier alpha value is -0.300. The molecule has 84 valence electrons. The van der Waals surface area contributed by atoms with Crippen molar-refractivity contribution < 1.29 is 0 Å². The van der Waals surface area contributed by atoms with E-state index in [9.17, 15) is 0 Å². The molecule has 0 spiro atoms. The highest BCUT2D eigenvalue weighted by Gasteiger charge is 2.53. The van der Waals surface area contributed by atoms with E-state index in [0.29, 0.717) is 0 Å². The van der Waals surface area contributed by atoms with E-state index in [1.807, 2.05) is 0 Å². The van der Waals surface area contributed by atoms with E-state index in [1.54, 1.807) is 0 Å². The fraction of sp³-hybridized carbons (Fsp3) is 0.857. The monoisotopic (exact) mass is 205 g/mol. The van der Waals surface area contributed by atoms with Crippen LogP contribution >= 0.6 is 0 Å². The van der Waals surface area contributed by atoms with E-state index in [2.05, 4.69) is 37.8 Å². The second-order valence-corrected chi connectivity index (χ2v) is 5.96. The third kappa shape index (κ3) is 1.25. The summed E-state index contributed by atoms with van der Waals surface area (Å²) >= 11 is 0. The molecule has 1 saturated heterocycles. The standard InChI is InChI=1S/C14H23N/c1-4-13-14-11-6-5-10(7-11)12(14)8-15(13)9(2)3/h5-6,9-14H,4,7-8H2,1-3H3. The summed E-state index contributed by atoms with van der Waals surface area (Å²) in [5.41, 5.74) is 0. The molecule has 2 bridgehead atoms. The molecule has 0 aromatic carbocycles. The minimum atomic E-state index is 0.736. The first-order chi connectivity index (χ1) is 7.22. The Balaban J connectivity index is 1.86. The minimum Gasteiger partial charge on any atom is -0.297 e. The van der Waals surface area contributed by atoms with Crippen molar-refractivity contribution in [2.45, 2.75) is 45.7 Å². The molecule has 5 unspecified atom stereocenters. The van der Waals surface area contributed by atoms with Gasteiger partial charge in [0.1, 0.15) is 0 Å². The fourth-order valence-corrected chi connectivity index (χ4v) is 4.49. The summed E-state index contributed by atoms with van der Waals surface area (Å²) in [6.45, 7) is 8.46. The normalized spacial score (nSPS) is 48.1. The molecule has 15 heavy (non-hydrogen) atoms. The van der Waals surface area contributed by atoms with Crippen LogP contribution in [0.15, 0.2) is 12.2 Å². The first-order valence-corrected chi connectivity index (χ1v) is 6.66. The summed E-state index contributed by atoms with van der Waals surface area (Å²) in [7, 11) is 0. The van der Waals surface area contributed by atoms with Gasteiger partial charge in [-0.25, -0.2) is 0 Å². The van der Waals surface area contributed by atoms with E-state index in [0.717, 1.165) is 35.8 Å². The highest BCUT2D eigenvalue weighted by Crippen LogP contribution is 2.54. The molecule has 1 saturated carbocycles. The lowest BCUT2D eigenvalue weighted by molar-refractivity contribution is 0.163. The Morgan fingerprint density at radius 1 is 1.27 bits per heavy atom. The van der Waals surface area contributed by atoms with E-state index in [4.69, 9.17) is 0 Å². The summed E-state index contributed by atoms with van der Waals surface area (Å²) in [6.07, 6.45) is 7.83. The minimum absolute atomic E-state index is 0.736. The lowest BCUT2D eigenvalue weighted by Crippen LogP contribution is -2.38. The third-order valence-corrected chi connectivity index (χ3v) is 5.06. The molecule has 0 aromatic heterocycles. The van der Waals surface area contributed by atoms with Crippen molar-refractivity contribution in [3.05, 3.63) is 12.2 Å². The topological polar surface area (TPSA) is 3.24 Å². The van der Waals surface area contributed by atoms with Crippen LogP contribution in [0.2, 0.25) is 0 Å². The van der Waals surface area contributed by atoms with E-state index < -0.39 is 0 Å². The van der Waals surface area contributed by atoms with Crippen LogP contribution in [0.25, 0.3) is 0 Å². The molecule has 1 aliphatic heterocycles. The molecule has 1 heterocycles. The lowest BCUT2D eigenvalue weighted by Gasteiger charge is -2.31. The highest BCUT2D eigenvalue weighted by molar-refractivity contribution is 5.18. The number of likely N-dealkylation sites (tertiary alicyclic amines) is 1. The predicted molar refractivity (Wildman–Crippen MR) is 63.6 cm³/mol. The van der Waals surface area contributed by atoms with Crippen LogP contribution in [0.5, 0.6) is 0 Å². The quantitative estimate of drug-likeness (QED) is 0.627. The molecule has 5 atom stereocenters. The largest absolute Gasteiger partial charge is 0.297 e. The lowest BCUT2D eigenvalue weighted by atomic mass is 9.81. The number of nitrogens with zero attached hydrogens (tertiary/aromatic N) is 1. The summed E-state index contributed by atoms with van der Waals surface area (Å²) in [4.78, 5) is 2.77. The molecule has 1 heteroatoms. The second kappa shape index (κ2) is 3.35. The number of rotatable bonds is 2. The van der Waals surface area contributed by atoms with Gasteiger partial charge in [-0.05, 0) is 50.4 Å². The van der Waals surface area contributed by atoms with E-state index in [1.165, 1.54) is 19.4 Å². The summed E-state index contributed by atoms with van der Waals surface area (Å²) in [6, 6.07) is 1.61. The Morgan fingerprint density at radius 3 is 2.67 bits per heavy atom. The Kier molecular flexibility index (Phi) is 2.21. The number of hydrogen-bond acceptors (Lipinski definition) is 1. The molecule has 2 fully saturated rings. The molecule has 1 nitrogen and oxygen atoms in total. The number of allylic oxidation sites excluding steroid dienone is 2. The Labute approximate surface area is 93.5 Å². The van der Waals surface area contributed by atoms with Crippen LogP contribution in [0.3, 0.4) is 0 Å². The summed E-state index contributed by atoms with van der Waals surface area (Å²) in [5, 5.41) is 0. The highest BCUT2D eigenvalue weighted by atomic mass is 15.2. The van der Waals surface area contributed by atoms with Crippen molar-refractivity contribution in [3.63, 3.8) is 0 Å². The molecule has 3 rings (SSSR count). The molecule has 0 amide bonds. The Morgan fingerprint density at radius 2 is 2.00 bits per heavy atom. The van der Waals surface area contributed by atoms with Crippen LogP contribution in [-0.2, 0) is 0 Å². The van der Waals surface area contributed by atoms with Gasteiger partial charge in [0.05, 0.1) is 0 Å². The fourth-order valence-electron chi connectivity index (χ4n) is 4.49. The average molecular weight is 205 g/mol. The second-order valence-electron chi connectivity index (χ2n) is 5.96. The molecular weight excluding hydrogens is 182 g/mol. The molecule has 0 aromatic rings. The van der Waals surface area contributed by atoms with Crippen molar-refractivity contribution in [2.24, 2.45) is 23.7 Å². The van der Waals surface area contributed by atoms with Crippen LogP contribution in [0.1, 0.15) is 33.6 Å². The van der Waals surface area contributed by atoms with Crippen molar-refractivity contribution in [1.29, 1.82) is 0 Å². The van der Waals surface area contributed by atoms with Gasteiger partial charge in [0.2, 0.25) is 0 Å². The van der Waals surface area contributed by atoms with Gasteiger partial charge in [0, 0.05) is 18.6 Å². The van der Waals surface area contributed by atoms with Crippen LogP contribution in [0.4, 0.5) is 0 Å². The SMILES string of the molecule is CCC1C2C3C=CC(C3)C2CN1C(C)C. The zero-order valence-electron chi connectivity index (χ0n) is 10.2. The van der Waals surface area contributed by atoms with Crippen molar-refractivity contribution in [2.75, 3.05) is 6.54 Å². The van der Waals surface area contributed by atoms with E-state index in [-0.39, 0.29) is 0 Å². The first-order valence-electron chi connectivity index (χ1n) is 6.66. The summed E-state index contributed by atoms with van der Waals surface area (Å²) < 4.78 is 0. The molecular formula is C14H23N. The van der Waals surface area contributed by atoms with Gasteiger partial charge in [-0.2, -0.15) is 0 Å². The first kappa shape index (κ1) is 9.89. The average Bonchev–Trinajstić information content (AvgIpc) is 2.87. The van der Waals surface area contributed by atoms with Crippen molar-refractivity contribution >= 4 is 0 Å². The van der Waals surface area contributed by atoms with Crippen LogP contribution in [0, 0.1) is 23.7 Å². The molecule has 0 radical (unpaired) electrons. The van der Waals surface area contributed by atoms with Crippen molar-refractivity contribution in [3.8, 4) is 0 Å². The van der Waals surface area contributed by atoms with Gasteiger partial charge in [0.25, 0.3) is 0 Å². The zero-order valence-corrected chi connectivity index (χ0v) is 10.2. The summed E-state index contributed by atoms with van der Waals surface area (Å²) in [5.74, 6) is 3.84. The number of fused-ring (bicyclic) bond motifs is 5. The molecule has 0 N–H and O–H groups in total. The smallest absolute Gasteiger partial charge is 0.0133 e. The van der Waals surface area contributed by atoms with Gasteiger partial charge in [-0.3, -0.25) is 4.90 Å². The number of hydrogen-bond donors (Lipinski definition) is 0. The molecule has 3 aliphatic rings. The maximum atomic E-state index is 2.77. The van der Waals surface area contributed by atoms with E-state index >= 15 is 0 Å². The van der Waals surface area contributed by atoms with Gasteiger partial charge >= 0.3 is 0 Å². The zero-order chi connectivity index (χ0) is 10.6. The van der Waals surface area contributed by atoms with Gasteiger partial charge < -0.3 is 0 Å².